The van der Waals surface area contributed by atoms with Gasteiger partial charge in [-0.2, -0.15) is 5.26 Å². The topological polar surface area (TPSA) is 50.1 Å². The van der Waals surface area contributed by atoms with Gasteiger partial charge in [-0.25, -0.2) is 0 Å². The average molecular weight is 355 g/mol. The Bertz CT molecular complexity index is 870. The number of carbonyl (C=O) groups is 1. The largest absolute Gasteiger partial charge is 0.489 e. The van der Waals surface area contributed by atoms with Crippen molar-refractivity contribution in [2.45, 2.75) is 6.61 Å². The standard InChI is InChI=1S/C19H13ClNO2S/c1-12-18(11-24-19(12)22)17-7-13(9-21)5-6-14(17)10-23-16-4-2-3-15(20)8-16/h2-8,11-12H,1,10H2. The van der Waals surface area contributed by atoms with Crippen molar-refractivity contribution in [2.75, 3.05) is 0 Å². The molecule has 1 unspecified atom stereocenters. The molecule has 24 heavy (non-hydrogen) atoms. The first-order valence-electron chi connectivity index (χ1n) is 7.24. The monoisotopic (exact) mass is 354 g/mol. The number of nitriles is 1. The number of hydrogen-bond donors (Lipinski definition) is 0. The normalized spacial score (nSPS) is 16.6. The van der Waals surface area contributed by atoms with E-state index in [0.717, 1.165) is 28.5 Å². The lowest BCUT2D eigenvalue weighted by Gasteiger charge is -2.15. The van der Waals surface area contributed by atoms with Crippen LogP contribution in [0.2, 0.25) is 5.02 Å². The van der Waals surface area contributed by atoms with Crippen LogP contribution >= 0.6 is 23.4 Å². The van der Waals surface area contributed by atoms with Gasteiger partial charge in [-0.1, -0.05) is 35.5 Å². The van der Waals surface area contributed by atoms with Gasteiger partial charge < -0.3 is 4.74 Å². The molecular weight excluding hydrogens is 342 g/mol. The Balaban J connectivity index is 1.90. The van der Waals surface area contributed by atoms with E-state index in [1.807, 2.05) is 18.2 Å². The van der Waals surface area contributed by atoms with Crippen molar-refractivity contribution in [3.8, 4) is 11.8 Å². The van der Waals surface area contributed by atoms with Gasteiger partial charge in [0.05, 0.1) is 17.6 Å². The van der Waals surface area contributed by atoms with E-state index in [4.69, 9.17) is 21.6 Å². The third-order valence-corrected chi connectivity index (χ3v) is 4.83. The Hall–Kier alpha value is -2.22. The number of benzene rings is 2. The van der Waals surface area contributed by atoms with Crippen LogP contribution in [0.25, 0.3) is 5.57 Å². The summed E-state index contributed by atoms with van der Waals surface area (Å²) in [5.41, 5.74) is 3.08. The fraction of sp³-hybridized carbons (Fsp3) is 0.105. The molecule has 0 fully saturated rings. The van der Waals surface area contributed by atoms with Crippen molar-refractivity contribution >= 4 is 34.1 Å². The second-order valence-electron chi connectivity index (χ2n) is 5.29. The molecule has 0 saturated carbocycles. The molecule has 2 aromatic carbocycles. The van der Waals surface area contributed by atoms with Gasteiger partial charge in [0.25, 0.3) is 0 Å². The van der Waals surface area contributed by atoms with Crippen molar-refractivity contribution in [1.29, 1.82) is 5.26 Å². The molecule has 0 bridgehead atoms. The number of halogens is 1. The van der Waals surface area contributed by atoms with Crippen molar-refractivity contribution < 1.29 is 9.53 Å². The van der Waals surface area contributed by atoms with Gasteiger partial charge in [0, 0.05) is 5.02 Å². The summed E-state index contributed by atoms with van der Waals surface area (Å²) in [5, 5.41) is 11.6. The molecule has 1 radical (unpaired) electrons. The van der Waals surface area contributed by atoms with E-state index in [1.54, 1.807) is 29.7 Å². The van der Waals surface area contributed by atoms with Crippen LogP contribution in [0.1, 0.15) is 16.7 Å². The molecule has 0 amide bonds. The van der Waals surface area contributed by atoms with E-state index in [2.05, 4.69) is 13.0 Å². The number of rotatable bonds is 4. The maximum atomic E-state index is 11.8. The summed E-state index contributed by atoms with van der Waals surface area (Å²) in [6.45, 7) is 4.23. The Labute approximate surface area is 149 Å². The number of ether oxygens (including phenoxy) is 1. The number of carbonyl (C=O) groups excluding carboxylic acids is 1. The lowest BCUT2D eigenvalue weighted by molar-refractivity contribution is -0.111. The van der Waals surface area contributed by atoms with Crippen LogP contribution < -0.4 is 4.74 Å². The molecule has 0 aliphatic carbocycles. The zero-order chi connectivity index (χ0) is 17.1. The Morgan fingerprint density at radius 2 is 2.12 bits per heavy atom. The summed E-state index contributed by atoms with van der Waals surface area (Å²) >= 11 is 7.10. The first-order valence-corrected chi connectivity index (χ1v) is 8.49. The molecule has 0 aromatic heterocycles. The molecule has 0 spiro atoms. The number of hydrogen-bond acceptors (Lipinski definition) is 4. The smallest absolute Gasteiger partial charge is 0.200 e. The summed E-state index contributed by atoms with van der Waals surface area (Å²) in [7, 11) is 0. The maximum Gasteiger partial charge on any atom is 0.200 e. The van der Waals surface area contributed by atoms with E-state index < -0.39 is 5.92 Å². The molecule has 3 nitrogen and oxygen atoms in total. The van der Waals surface area contributed by atoms with Crippen LogP contribution in [0.3, 0.4) is 0 Å². The van der Waals surface area contributed by atoms with Crippen molar-refractivity contribution in [1.82, 2.24) is 0 Å². The van der Waals surface area contributed by atoms with Gasteiger partial charge in [0.15, 0.2) is 0 Å². The predicted molar refractivity (Wildman–Crippen MR) is 96.4 cm³/mol. The molecule has 3 rings (SSSR count). The first-order chi connectivity index (χ1) is 11.6. The second kappa shape index (κ2) is 7.12. The highest BCUT2D eigenvalue weighted by atomic mass is 35.5. The molecule has 1 aliphatic rings. The van der Waals surface area contributed by atoms with Crippen LogP contribution in [-0.2, 0) is 11.4 Å². The number of nitrogens with zero attached hydrogens (tertiary/aromatic N) is 1. The van der Waals surface area contributed by atoms with Crippen LogP contribution in [0, 0.1) is 24.2 Å². The third-order valence-electron chi connectivity index (χ3n) is 3.70. The zero-order valence-corrected chi connectivity index (χ0v) is 14.2. The van der Waals surface area contributed by atoms with Gasteiger partial charge in [-0.3, -0.25) is 4.79 Å². The fourth-order valence-electron chi connectivity index (χ4n) is 2.42. The summed E-state index contributed by atoms with van der Waals surface area (Å²) < 4.78 is 5.80. The Morgan fingerprint density at radius 1 is 1.29 bits per heavy atom. The van der Waals surface area contributed by atoms with Gasteiger partial charge in [-0.15, -0.1) is 0 Å². The molecule has 119 valence electrons. The van der Waals surface area contributed by atoms with Gasteiger partial charge in [0.1, 0.15) is 12.4 Å². The Morgan fingerprint density at radius 3 is 2.79 bits per heavy atom. The summed E-state index contributed by atoms with van der Waals surface area (Å²) in [6.07, 6.45) is 0. The van der Waals surface area contributed by atoms with Crippen LogP contribution in [0.4, 0.5) is 0 Å². The van der Waals surface area contributed by atoms with Crippen molar-refractivity contribution in [2.24, 2.45) is 5.92 Å². The minimum Gasteiger partial charge on any atom is -0.489 e. The molecule has 1 aliphatic heterocycles. The van der Waals surface area contributed by atoms with Crippen molar-refractivity contribution in [3.05, 3.63) is 76.5 Å². The third kappa shape index (κ3) is 3.48. The van der Waals surface area contributed by atoms with Gasteiger partial charge >= 0.3 is 0 Å². The first kappa shape index (κ1) is 16.6. The summed E-state index contributed by atoms with van der Waals surface area (Å²) in [5.74, 6) is 0.226. The lowest BCUT2D eigenvalue weighted by atomic mass is 9.91. The molecule has 0 saturated heterocycles. The SMILES string of the molecule is [CH2]C1C(=O)SC=C1c1cc(C#N)ccc1COc1cccc(Cl)c1. The molecule has 2 aromatic rings. The summed E-state index contributed by atoms with van der Waals surface area (Å²) in [6, 6.07) is 14.7. The average Bonchev–Trinajstić information content (AvgIpc) is 2.92. The fourth-order valence-corrected chi connectivity index (χ4v) is 3.43. The van der Waals surface area contributed by atoms with Crippen molar-refractivity contribution in [3.63, 3.8) is 0 Å². The molecule has 1 atom stereocenters. The number of thioether (sulfide) groups is 1. The Kier molecular flexibility index (Phi) is 4.94. The van der Waals surface area contributed by atoms with E-state index >= 15 is 0 Å². The van der Waals surface area contributed by atoms with E-state index in [-0.39, 0.29) is 5.12 Å². The molecule has 1 heterocycles. The zero-order valence-electron chi connectivity index (χ0n) is 12.7. The number of allylic oxidation sites excluding steroid dienone is 1. The summed E-state index contributed by atoms with van der Waals surface area (Å²) in [4.78, 5) is 11.8. The molecular formula is C19H13ClNO2S. The van der Waals surface area contributed by atoms with Crippen LogP contribution in [-0.4, -0.2) is 5.12 Å². The maximum absolute atomic E-state index is 11.8. The van der Waals surface area contributed by atoms with E-state index in [1.165, 1.54) is 0 Å². The van der Waals surface area contributed by atoms with Crippen LogP contribution in [0.15, 0.2) is 47.9 Å². The van der Waals surface area contributed by atoms with Crippen LogP contribution in [0.5, 0.6) is 5.75 Å². The molecule has 0 N–H and O–H groups in total. The minimum absolute atomic E-state index is 0.00840. The highest BCUT2D eigenvalue weighted by molar-refractivity contribution is 8.16. The van der Waals surface area contributed by atoms with Gasteiger partial charge in [0.2, 0.25) is 5.12 Å². The quantitative estimate of drug-likeness (QED) is 0.787. The highest BCUT2D eigenvalue weighted by Gasteiger charge is 2.27. The predicted octanol–water partition coefficient (Wildman–Crippen LogP) is 4.86. The highest BCUT2D eigenvalue weighted by Crippen LogP contribution is 2.38. The second-order valence-corrected chi connectivity index (χ2v) is 6.60. The molecule has 5 heteroatoms. The lowest BCUT2D eigenvalue weighted by Crippen LogP contribution is -2.07. The minimum atomic E-state index is -0.436. The van der Waals surface area contributed by atoms with E-state index in [9.17, 15) is 4.79 Å². The van der Waals surface area contributed by atoms with E-state index in [0.29, 0.717) is 22.9 Å². The van der Waals surface area contributed by atoms with Gasteiger partial charge in [-0.05, 0) is 59.4 Å².